The number of aryl methyl sites for hydroxylation is 1. The molecule has 5 aromatic rings. The fourth-order valence-electron chi connectivity index (χ4n) is 3.96. The van der Waals surface area contributed by atoms with Gasteiger partial charge in [-0.05, 0) is 54.1 Å². The number of pyridine rings is 1. The number of amidine groups is 1. The number of phenolic OH excluding ortho intramolecular Hbond substituents is 1. The number of phenols is 1. The highest BCUT2D eigenvalue weighted by molar-refractivity contribution is 5.95. The molecule has 5 rings (SSSR count). The van der Waals surface area contributed by atoms with Crippen LogP contribution in [0.4, 0.5) is 8.78 Å². The van der Waals surface area contributed by atoms with Gasteiger partial charge < -0.3 is 34.7 Å². The minimum atomic E-state index is -1.36. The van der Waals surface area contributed by atoms with Crippen molar-refractivity contribution in [2.45, 2.75) is 0 Å². The van der Waals surface area contributed by atoms with Gasteiger partial charge in [-0.15, -0.1) is 0 Å². The molecule has 0 saturated carbocycles. The first-order valence-corrected chi connectivity index (χ1v) is 12.8. The quantitative estimate of drug-likeness (QED) is 0.0827. The lowest BCUT2D eigenvalue weighted by Gasteiger charge is -2.15. The van der Waals surface area contributed by atoms with Gasteiger partial charge in [0.25, 0.3) is 11.8 Å². The van der Waals surface area contributed by atoms with Gasteiger partial charge in [0.05, 0.1) is 0 Å². The Morgan fingerprint density at radius 2 is 1.70 bits per heavy atom. The van der Waals surface area contributed by atoms with Crippen LogP contribution in [0.5, 0.6) is 40.5 Å². The van der Waals surface area contributed by atoms with E-state index in [1.54, 1.807) is 42.2 Å². The van der Waals surface area contributed by atoms with Crippen molar-refractivity contribution in [3.05, 3.63) is 108 Å². The molecular formula is C31H23F2N5O6. The molecule has 13 heteroatoms. The van der Waals surface area contributed by atoms with Crippen LogP contribution in [-0.2, 0) is 11.8 Å². The van der Waals surface area contributed by atoms with Gasteiger partial charge in [0, 0.05) is 36.6 Å². The van der Waals surface area contributed by atoms with Crippen LogP contribution in [0, 0.1) is 17.0 Å². The molecule has 11 nitrogen and oxygen atoms in total. The second-order valence-corrected chi connectivity index (χ2v) is 9.21. The zero-order valence-electron chi connectivity index (χ0n) is 22.9. The van der Waals surface area contributed by atoms with Crippen molar-refractivity contribution < 1.29 is 38.0 Å². The van der Waals surface area contributed by atoms with E-state index >= 15 is 8.78 Å². The minimum Gasteiger partial charge on any atom is -0.504 e. The molecule has 2 heterocycles. The van der Waals surface area contributed by atoms with Gasteiger partial charge in [0.1, 0.15) is 23.2 Å². The Hall–Kier alpha value is -6.24. The first-order valence-electron chi connectivity index (χ1n) is 12.8. The summed E-state index contributed by atoms with van der Waals surface area (Å²) in [7, 11) is 1.80. The van der Waals surface area contributed by atoms with Crippen LogP contribution in [0.25, 0.3) is 17.5 Å². The van der Waals surface area contributed by atoms with Crippen molar-refractivity contribution in [1.82, 2.24) is 14.5 Å². The van der Waals surface area contributed by atoms with E-state index in [4.69, 9.17) is 30.5 Å². The number of benzene rings is 3. The molecule has 0 aliphatic carbocycles. The third-order valence-corrected chi connectivity index (χ3v) is 6.10. The normalized spacial score (nSPS) is 11.0. The van der Waals surface area contributed by atoms with Crippen molar-refractivity contribution in [1.29, 1.82) is 5.41 Å². The maximum absolute atomic E-state index is 15.8. The van der Waals surface area contributed by atoms with Crippen LogP contribution in [0.15, 0.2) is 85.2 Å². The highest BCUT2D eigenvalue weighted by Gasteiger charge is 2.27. The Bertz CT molecular complexity index is 1910. The summed E-state index contributed by atoms with van der Waals surface area (Å²) in [5, 5.41) is 26.8. The highest BCUT2D eigenvalue weighted by Crippen LogP contribution is 2.41. The summed E-state index contributed by atoms with van der Waals surface area (Å²) >= 11 is 0. The van der Waals surface area contributed by atoms with Crippen LogP contribution >= 0.6 is 0 Å². The van der Waals surface area contributed by atoms with Crippen molar-refractivity contribution in [2.75, 3.05) is 0 Å². The van der Waals surface area contributed by atoms with E-state index in [0.29, 0.717) is 17.0 Å². The summed E-state index contributed by atoms with van der Waals surface area (Å²) in [5.41, 5.74) is 6.83. The Morgan fingerprint density at radius 3 is 2.36 bits per heavy atom. The molecule has 0 spiro atoms. The van der Waals surface area contributed by atoms with E-state index < -0.39 is 40.9 Å². The summed E-state index contributed by atoms with van der Waals surface area (Å²) in [6.07, 6.45) is 5.63. The Morgan fingerprint density at radius 1 is 0.977 bits per heavy atom. The lowest BCUT2D eigenvalue weighted by molar-refractivity contribution is -0.131. The molecule has 0 unspecified atom stereocenters. The van der Waals surface area contributed by atoms with Gasteiger partial charge in [-0.1, -0.05) is 24.3 Å². The zero-order valence-corrected chi connectivity index (χ0v) is 22.9. The van der Waals surface area contributed by atoms with E-state index in [-0.39, 0.29) is 28.6 Å². The largest absolute Gasteiger partial charge is 0.504 e. The molecule has 0 amide bonds. The van der Waals surface area contributed by atoms with Crippen molar-refractivity contribution in [2.24, 2.45) is 12.8 Å². The van der Waals surface area contributed by atoms with Crippen molar-refractivity contribution >= 4 is 17.9 Å². The molecule has 2 aromatic heterocycles. The van der Waals surface area contributed by atoms with Crippen LogP contribution in [0.3, 0.4) is 0 Å². The van der Waals surface area contributed by atoms with Crippen LogP contribution in [-0.4, -0.2) is 36.6 Å². The Balaban J connectivity index is 1.55. The molecule has 0 aliphatic heterocycles. The molecule has 0 fully saturated rings. The first kappa shape index (κ1) is 29.3. The number of carbonyl (C=O) groups is 1. The number of aromatic hydroxyl groups is 1. The number of hydrogen-bond donors (Lipinski definition) is 4. The number of nitrogens with zero attached hydrogens (tertiary/aromatic N) is 3. The number of nitrogens with one attached hydrogen (secondary N) is 1. The number of nitrogen functional groups attached to an aromatic ring is 1. The summed E-state index contributed by atoms with van der Waals surface area (Å²) in [6.45, 7) is 0. The fourth-order valence-corrected chi connectivity index (χ4v) is 3.96. The zero-order chi connectivity index (χ0) is 31.4. The number of halogens is 2. The van der Waals surface area contributed by atoms with Gasteiger partial charge in [-0.25, -0.2) is 9.78 Å². The topological polar surface area (TPSA) is 166 Å². The minimum absolute atomic E-state index is 0.00317. The number of carboxylic acids is 1. The van der Waals surface area contributed by atoms with E-state index in [9.17, 15) is 9.90 Å². The molecule has 0 saturated heterocycles. The summed E-state index contributed by atoms with van der Waals surface area (Å²) in [4.78, 5) is 19.0. The maximum Gasteiger partial charge on any atom is 0.328 e. The molecule has 0 radical (unpaired) electrons. The number of ether oxygens (including phenoxy) is 3. The molecule has 3 aromatic carbocycles. The average Bonchev–Trinajstić information content (AvgIpc) is 3.44. The SMILES string of the molecule is Cn1ccnc1-c1cccc(Oc2nc(Oc3cc(C(=N)N)ccc3O)c(F)c(Oc3ccc(C=CC(=O)O)cc3)c2F)c1. The predicted molar refractivity (Wildman–Crippen MR) is 155 cm³/mol. The lowest BCUT2D eigenvalue weighted by atomic mass is 10.2. The average molecular weight is 600 g/mol. The number of aliphatic carboxylic acids is 1. The number of aromatic nitrogens is 3. The lowest BCUT2D eigenvalue weighted by Crippen LogP contribution is -2.11. The first-order chi connectivity index (χ1) is 21.1. The molecule has 0 atom stereocenters. The van der Waals surface area contributed by atoms with Crippen LogP contribution < -0.4 is 19.9 Å². The van der Waals surface area contributed by atoms with E-state index in [2.05, 4.69) is 9.97 Å². The fraction of sp³-hybridized carbons (Fsp3) is 0.0323. The standard InChI is InChI=1S/C31H23F2N5O6/c1-38-14-13-36-29(38)19-3-2-4-21(15-19)43-30-25(32)27(42-20-9-5-17(6-10-20)7-12-24(40)41)26(33)31(37-30)44-23-16-18(28(34)35)8-11-22(23)39/h2-16,39H,1H3,(H3,34,35)(H,40,41). The molecule has 0 aliphatic rings. The van der Waals surface area contributed by atoms with Crippen molar-refractivity contribution in [3.63, 3.8) is 0 Å². The van der Waals surface area contributed by atoms with Gasteiger partial charge >= 0.3 is 5.97 Å². The molecule has 0 bridgehead atoms. The third kappa shape index (κ3) is 6.46. The van der Waals surface area contributed by atoms with E-state index in [1.165, 1.54) is 54.6 Å². The van der Waals surface area contributed by atoms with Crippen LogP contribution in [0.2, 0.25) is 0 Å². The third-order valence-electron chi connectivity index (χ3n) is 6.10. The molecule has 5 N–H and O–H groups in total. The number of rotatable bonds is 10. The summed E-state index contributed by atoms with van der Waals surface area (Å²) in [6, 6.07) is 16.0. The molecule has 44 heavy (non-hydrogen) atoms. The number of imidazole rings is 1. The second-order valence-electron chi connectivity index (χ2n) is 9.21. The molecular weight excluding hydrogens is 576 g/mol. The van der Waals surface area contributed by atoms with E-state index in [1.807, 2.05) is 0 Å². The monoisotopic (exact) mass is 599 g/mol. The Labute approximate surface area is 248 Å². The molecule has 222 valence electrons. The highest BCUT2D eigenvalue weighted by atomic mass is 19.1. The van der Waals surface area contributed by atoms with Gasteiger partial charge in [-0.3, -0.25) is 5.41 Å². The number of nitrogens with two attached hydrogens (primary N) is 1. The predicted octanol–water partition coefficient (Wildman–Crippen LogP) is 6.22. The smallest absolute Gasteiger partial charge is 0.328 e. The van der Waals surface area contributed by atoms with Crippen LogP contribution in [0.1, 0.15) is 11.1 Å². The second kappa shape index (κ2) is 12.3. The number of carboxylic acid groups (broad SMARTS) is 1. The number of hydrogen-bond acceptors (Lipinski definition) is 8. The van der Waals surface area contributed by atoms with Gasteiger partial charge in [-0.2, -0.15) is 13.8 Å². The van der Waals surface area contributed by atoms with Crippen molar-refractivity contribution in [3.8, 4) is 51.9 Å². The summed E-state index contributed by atoms with van der Waals surface area (Å²) in [5.74, 6) is -6.61. The maximum atomic E-state index is 15.8. The van der Waals surface area contributed by atoms with Gasteiger partial charge in [0.2, 0.25) is 17.4 Å². The Kier molecular flexibility index (Phi) is 8.20. The summed E-state index contributed by atoms with van der Waals surface area (Å²) < 4.78 is 50.1. The van der Waals surface area contributed by atoms with E-state index in [0.717, 1.165) is 6.08 Å². The van der Waals surface area contributed by atoms with Gasteiger partial charge in [0.15, 0.2) is 11.5 Å².